The summed E-state index contributed by atoms with van der Waals surface area (Å²) in [6.07, 6.45) is 0. The van der Waals surface area contributed by atoms with Crippen LogP contribution in [0.1, 0.15) is 105 Å². The molecule has 326 valence electrons. The number of benzene rings is 7. The molecule has 0 radical (unpaired) electrons. The first-order valence-corrected chi connectivity index (χ1v) is 22.8. The molecule has 0 unspecified atom stereocenters. The van der Waals surface area contributed by atoms with E-state index >= 15 is 8.78 Å². The maximum Gasteiger partial charge on any atom is 0.127 e. The van der Waals surface area contributed by atoms with Crippen LogP contribution in [0.15, 0.2) is 158 Å². The van der Waals surface area contributed by atoms with Gasteiger partial charge < -0.3 is 9.80 Å². The van der Waals surface area contributed by atoms with Crippen molar-refractivity contribution in [3.8, 4) is 22.3 Å². The van der Waals surface area contributed by atoms with Gasteiger partial charge in [-0.3, -0.25) is 0 Å². The number of rotatable bonds is 8. The normalized spacial score (nSPS) is 18.0. The first-order chi connectivity index (χ1) is 30.1. The molecule has 9 rings (SSSR count). The smallest absolute Gasteiger partial charge is 0.127 e. The lowest BCUT2D eigenvalue weighted by Gasteiger charge is -2.44. The molecule has 0 aliphatic heterocycles. The Kier molecular flexibility index (Phi) is 9.99. The molecular weight excluding hydrogens is 787 g/mol. The Bertz CT molecular complexity index is 2720. The first-order valence-electron chi connectivity index (χ1n) is 22.8. The zero-order chi connectivity index (χ0) is 45.8. The summed E-state index contributed by atoms with van der Waals surface area (Å²) in [5.41, 5.74) is 11.9. The Hall–Kier alpha value is -6.00. The van der Waals surface area contributed by atoms with Crippen LogP contribution in [-0.4, -0.2) is 0 Å². The number of para-hydroxylation sites is 2. The molecule has 2 aliphatic carbocycles. The van der Waals surface area contributed by atoms with E-state index in [0.29, 0.717) is 0 Å². The molecule has 0 heterocycles. The molecule has 0 N–H and O–H groups in total. The molecule has 2 nitrogen and oxygen atoms in total. The lowest BCUT2D eigenvalue weighted by atomic mass is 9.59. The van der Waals surface area contributed by atoms with Crippen LogP contribution in [0, 0.1) is 22.5 Å². The van der Waals surface area contributed by atoms with E-state index < -0.39 is 0 Å². The summed E-state index contributed by atoms with van der Waals surface area (Å²) in [7, 11) is 0. The van der Waals surface area contributed by atoms with Crippen molar-refractivity contribution < 1.29 is 8.78 Å². The molecule has 0 bridgehead atoms. The molecule has 0 amide bonds. The van der Waals surface area contributed by atoms with Crippen molar-refractivity contribution in [1.82, 2.24) is 0 Å². The fraction of sp³-hybridized carbons (Fsp3) is 0.300. The molecular formula is C60H62F2N2. The van der Waals surface area contributed by atoms with Crippen molar-refractivity contribution in [3.05, 3.63) is 192 Å². The Balaban J connectivity index is 1.15. The quantitative estimate of drug-likeness (QED) is 0.150. The standard InChI is InChI=1S/C60H62F2N2/c1-55(2)49-34-41(36-51(61)53(49)57(5,6)59(55,9)10)39-22-19-28-45(32-39)63(43-24-15-13-16-25-43)47-30-21-31-48(38-47)64(44-26-17-14-18-27-44)46-29-20-23-40(33-46)42-35-50-54(52(62)37-42)58(7,8)60(11,12)56(50,3)4/h13-38H,1-12H3. The van der Waals surface area contributed by atoms with E-state index in [4.69, 9.17) is 0 Å². The third-order valence-corrected chi connectivity index (χ3v) is 17.3. The lowest BCUT2D eigenvalue weighted by molar-refractivity contribution is 0.123. The topological polar surface area (TPSA) is 6.48 Å². The fourth-order valence-corrected chi connectivity index (χ4v) is 11.1. The molecule has 0 fully saturated rings. The largest absolute Gasteiger partial charge is 0.310 e. The predicted molar refractivity (Wildman–Crippen MR) is 266 cm³/mol. The minimum atomic E-state index is -0.327. The van der Waals surface area contributed by atoms with Gasteiger partial charge in [-0.15, -0.1) is 0 Å². The average molecular weight is 849 g/mol. The van der Waals surface area contributed by atoms with E-state index in [0.717, 1.165) is 78.6 Å². The number of hydrogen-bond donors (Lipinski definition) is 0. The number of hydrogen-bond acceptors (Lipinski definition) is 2. The summed E-state index contributed by atoms with van der Waals surface area (Å²) < 4.78 is 32.9. The molecule has 0 atom stereocenters. The Morgan fingerprint density at radius 3 is 0.969 bits per heavy atom. The number of halogens is 2. The van der Waals surface area contributed by atoms with Gasteiger partial charge in [-0.2, -0.15) is 0 Å². The van der Waals surface area contributed by atoms with Crippen LogP contribution < -0.4 is 9.80 Å². The first kappa shape index (κ1) is 43.3. The second kappa shape index (κ2) is 14.8. The summed E-state index contributed by atoms with van der Waals surface area (Å²) in [6.45, 7) is 26.8. The Labute approximate surface area is 380 Å². The average Bonchev–Trinajstić information content (AvgIpc) is 3.44. The summed E-state index contributed by atoms with van der Waals surface area (Å²) >= 11 is 0. The van der Waals surface area contributed by atoms with Crippen LogP contribution >= 0.6 is 0 Å². The van der Waals surface area contributed by atoms with E-state index in [1.807, 2.05) is 12.1 Å². The van der Waals surface area contributed by atoms with E-state index in [1.54, 1.807) is 12.1 Å². The minimum absolute atomic E-state index is 0.141. The monoisotopic (exact) mass is 848 g/mol. The third kappa shape index (κ3) is 6.30. The van der Waals surface area contributed by atoms with Gasteiger partial charge in [0.1, 0.15) is 11.6 Å². The van der Waals surface area contributed by atoms with Gasteiger partial charge in [-0.1, -0.05) is 162 Å². The van der Waals surface area contributed by atoms with Gasteiger partial charge in [0.05, 0.1) is 0 Å². The van der Waals surface area contributed by atoms with Gasteiger partial charge in [0.2, 0.25) is 0 Å². The maximum absolute atomic E-state index is 16.5. The summed E-state index contributed by atoms with van der Waals surface area (Å²) in [5.74, 6) is -0.283. The zero-order valence-electron chi connectivity index (χ0n) is 39.7. The van der Waals surface area contributed by atoms with Crippen LogP contribution in [0.4, 0.5) is 42.9 Å². The van der Waals surface area contributed by atoms with E-state index in [1.165, 1.54) is 0 Å². The summed E-state index contributed by atoms with van der Waals surface area (Å²) in [6, 6.07) is 54.3. The van der Waals surface area contributed by atoms with Crippen molar-refractivity contribution in [3.63, 3.8) is 0 Å². The molecule has 64 heavy (non-hydrogen) atoms. The third-order valence-electron chi connectivity index (χ3n) is 17.3. The molecule has 2 aliphatic rings. The zero-order valence-corrected chi connectivity index (χ0v) is 39.7. The van der Waals surface area contributed by atoms with Gasteiger partial charge in [0, 0.05) is 34.1 Å². The van der Waals surface area contributed by atoms with Gasteiger partial charge in [-0.05, 0) is 156 Å². The molecule has 0 spiro atoms. The highest BCUT2D eigenvalue weighted by atomic mass is 19.1. The second-order valence-electron chi connectivity index (χ2n) is 21.5. The fourth-order valence-electron chi connectivity index (χ4n) is 11.1. The van der Waals surface area contributed by atoms with Crippen LogP contribution in [0.3, 0.4) is 0 Å². The SMILES string of the molecule is CC1(C)c2cc(-c3cccc(N(c4ccccc4)c4cccc(N(c5ccccc5)c5cccc(-c6cc(F)c7c(c6)C(C)(C)C(C)(C)C7(C)C)c5)c4)c3)cc(F)c2C(C)(C)C1(C)C. The molecule has 0 aromatic heterocycles. The van der Waals surface area contributed by atoms with Crippen molar-refractivity contribution in [2.45, 2.75) is 105 Å². The van der Waals surface area contributed by atoms with Gasteiger partial charge in [-0.25, -0.2) is 8.78 Å². The molecule has 0 saturated carbocycles. The predicted octanol–water partition coefficient (Wildman–Crippen LogP) is 17.4. The van der Waals surface area contributed by atoms with Gasteiger partial charge in [0.25, 0.3) is 0 Å². The van der Waals surface area contributed by atoms with Crippen LogP contribution in [0.2, 0.25) is 0 Å². The molecule has 0 saturated heterocycles. The molecule has 7 aromatic rings. The van der Waals surface area contributed by atoms with Crippen molar-refractivity contribution >= 4 is 34.1 Å². The van der Waals surface area contributed by atoms with Crippen molar-refractivity contribution in [2.24, 2.45) is 10.8 Å². The summed E-state index contributed by atoms with van der Waals surface area (Å²) in [5, 5.41) is 0. The Morgan fingerprint density at radius 2 is 0.609 bits per heavy atom. The maximum atomic E-state index is 16.5. The van der Waals surface area contributed by atoms with Crippen molar-refractivity contribution in [1.29, 1.82) is 0 Å². The summed E-state index contributed by atoms with van der Waals surface area (Å²) in [4.78, 5) is 4.54. The van der Waals surface area contributed by atoms with Crippen LogP contribution in [-0.2, 0) is 21.7 Å². The number of nitrogens with zero attached hydrogens (tertiary/aromatic N) is 2. The lowest BCUT2D eigenvalue weighted by Crippen LogP contribution is -2.42. The Morgan fingerprint density at radius 1 is 0.297 bits per heavy atom. The highest BCUT2D eigenvalue weighted by molar-refractivity contribution is 5.86. The van der Waals surface area contributed by atoms with Crippen molar-refractivity contribution in [2.75, 3.05) is 9.80 Å². The number of fused-ring (bicyclic) bond motifs is 2. The van der Waals surface area contributed by atoms with Gasteiger partial charge >= 0.3 is 0 Å². The van der Waals surface area contributed by atoms with E-state index in [-0.39, 0.29) is 44.1 Å². The van der Waals surface area contributed by atoms with Crippen LogP contribution in [0.5, 0.6) is 0 Å². The number of anilines is 6. The molecule has 4 heteroatoms. The highest BCUT2D eigenvalue weighted by Gasteiger charge is 2.59. The van der Waals surface area contributed by atoms with Crippen LogP contribution in [0.25, 0.3) is 22.3 Å². The van der Waals surface area contributed by atoms with E-state index in [2.05, 4.69) is 226 Å². The molecule has 7 aromatic carbocycles. The second-order valence-corrected chi connectivity index (χ2v) is 21.5. The highest BCUT2D eigenvalue weighted by Crippen LogP contribution is 2.64. The van der Waals surface area contributed by atoms with Gasteiger partial charge in [0.15, 0.2) is 0 Å². The minimum Gasteiger partial charge on any atom is -0.310 e. The van der Waals surface area contributed by atoms with E-state index in [9.17, 15) is 0 Å².